The summed E-state index contributed by atoms with van der Waals surface area (Å²) in [5, 5.41) is 13.6. The summed E-state index contributed by atoms with van der Waals surface area (Å²) in [5.74, 6) is -0.780. The van der Waals surface area contributed by atoms with Gasteiger partial charge >= 0.3 is 5.97 Å². The molecule has 2 aliphatic rings. The molecule has 0 aromatic heterocycles. The molecule has 0 saturated carbocycles. The van der Waals surface area contributed by atoms with Crippen molar-refractivity contribution in [2.45, 2.75) is 32.1 Å². The van der Waals surface area contributed by atoms with Gasteiger partial charge in [-0.3, -0.25) is 4.79 Å². The van der Waals surface area contributed by atoms with Crippen LogP contribution in [0.3, 0.4) is 0 Å². The van der Waals surface area contributed by atoms with Gasteiger partial charge in [-0.1, -0.05) is 6.42 Å². The molecule has 0 radical (unpaired) electrons. The average molecular weight is 212 g/mol. The molecule has 0 aromatic carbocycles. The first-order valence-corrected chi connectivity index (χ1v) is 6.00. The van der Waals surface area contributed by atoms with Crippen LogP contribution in [-0.4, -0.2) is 47.3 Å². The maximum absolute atomic E-state index is 10.9. The number of hydrogen-bond acceptors (Lipinski definition) is 3. The normalized spacial score (nSPS) is 30.3. The first-order valence-electron chi connectivity index (χ1n) is 6.00. The van der Waals surface area contributed by atoms with Crippen LogP contribution in [0, 0.1) is 5.92 Å². The van der Waals surface area contributed by atoms with E-state index in [9.17, 15) is 4.79 Å². The Bertz CT molecular complexity index is 227. The third kappa shape index (κ3) is 2.69. The van der Waals surface area contributed by atoms with Crippen LogP contribution < -0.4 is 0 Å². The number of nitrogens with zero attached hydrogens (tertiary/aromatic N) is 2. The zero-order chi connectivity index (χ0) is 10.7. The highest BCUT2D eigenvalue weighted by Gasteiger charge is 2.28. The smallest absolute Gasteiger partial charge is 0.307 e. The van der Waals surface area contributed by atoms with Crippen LogP contribution in [-0.2, 0) is 4.79 Å². The van der Waals surface area contributed by atoms with Crippen molar-refractivity contribution in [1.29, 1.82) is 0 Å². The lowest BCUT2D eigenvalue weighted by molar-refractivity contribution is -0.148. The summed E-state index contributed by atoms with van der Waals surface area (Å²) in [4.78, 5) is 10.9. The van der Waals surface area contributed by atoms with Crippen molar-refractivity contribution < 1.29 is 9.90 Å². The van der Waals surface area contributed by atoms with Crippen molar-refractivity contribution >= 4 is 5.97 Å². The van der Waals surface area contributed by atoms with Crippen LogP contribution >= 0.6 is 0 Å². The maximum atomic E-state index is 10.9. The highest BCUT2D eigenvalue weighted by molar-refractivity contribution is 5.70. The van der Waals surface area contributed by atoms with E-state index in [0.29, 0.717) is 0 Å². The van der Waals surface area contributed by atoms with Gasteiger partial charge in [0, 0.05) is 26.2 Å². The van der Waals surface area contributed by atoms with Crippen molar-refractivity contribution in [3.63, 3.8) is 0 Å². The Labute approximate surface area is 90.8 Å². The summed E-state index contributed by atoms with van der Waals surface area (Å²) < 4.78 is 0. The lowest BCUT2D eigenvalue weighted by atomic mass is 9.99. The number of rotatable bonds is 2. The van der Waals surface area contributed by atoms with Crippen LogP contribution in [0.1, 0.15) is 32.1 Å². The number of aliphatic carboxylic acids is 1. The average Bonchev–Trinajstić information content (AvgIpc) is 2.30. The minimum Gasteiger partial charge on any atom is -0.481 e. The molecule has 2 fully saturated rings. The summed E-state index contributed by atoms with van der Waals surface area (Å²) in [6.45, 7) is 4.00. The standard InChI is InChI=1S/C11H20N2O2/c14-11(15)10-5-4-8-13(9-10)12-6-2-1-3-7-12/h10H,1-9H2,(H,14,15). The Kier molecular flexibility index (Phi) is 3.59. The summed E-state index contributed by atoms with van der Waals surface area (Å²) >= 11 is 0. The van der Waals surface area contributed by atoms with Crippen molar-refractivity contribution in [3.8, 4) is 0 Å². The Balaban J connectivity index is 1.88. The van der Waals surface area contributed by atoms with E-state index in [1.54, 1.807) is 0 Å². The topological polar surface area (TPSA) is 43.8 Å². The second kappa shape index (κ2) is 4.94. The molecule has 0 amide bonds. The van der Waals surface area contributed by atoms with Gasteiger partial charge in [0.15, 0.2) is 0 Å². The molecule has 0 aromatic rings. The molecule has 0 aliphatic carbocycles. The third-order valence-electron chi connectivity index (χ3n) is 3.48. The van der Waals surface area contributed by atoms with Gasteiger partial charge < -0.3 is 5.11 Å². The minimum atomic E-state index is -0.628. The largest absolute Gasteiger partial charge is 0.481 e. The van der Waals surface area contributed by atoms with E-state index in [2.05, 4.69) is 10.0 Å². The molecule has 1 N–H and O–H groups in total. The van der Waals surface area contributed by atoms with Crippen molar-refractivity contribution in [1.82, 2.24) is 10.0 Å². The fourth-order valence-electron chi connectivity index (χ4n) is 2.58. The Morgan fingerprint density at radius 3 is 2.33 bits per heavy atom. The van der Waals surface area contributed by atoms with E-state index < -0.39 is 5.97 Å². The van der Waals surface area contributed by atoms with Gasteiger partial charge in [-0.25, -0.2) is 10.0 Å². The van der Waals surface area contributed by atoms with E-state index in [1.807, 2.05) is 0 Å². The number of carboxylic acids is 1. The van der Waals surface area contributed by atoms with Crippen molar-refractivity contribution in [2.24, 2.45) is 5.92 Å². The predicted octanol–water partition coefficient (Wildman–Crippen LogP) is 1.18. The van der Waals surface area contributed by atoms with Crippen molar-refractivity contribution in [2.75, 3.05) is 26.2 Å². The molecular formula is C11H20N2O2. The van der Waals surface area contributed by atoms with E-state index in [0.717, 1.165) is 39.0 Å². The molecule has 0 spiro atoms. The molecule has 15 heavy (non-hydrogen) atoms. The maximum Gasteiger partial charge on any atom is 0.307 e. The first-order chi connectivity index (χ1) is 7.27. The van der Waals surface area contributed by atoms with Crippen LogP contribution in [0.25, 0.3) is 0 Å². The van der Waals surface area contributed by atoms with Crippen LogP contribution in [0.5, 0.6) is 0 Å². The second-order valence-corrected chi connectivity index (χ2v) is 4.60. The lowest BCUT2D eigenvalue weighted by Gasteiger charge is -2.41. The van der Waals surface area contributed by atoms with E-state index in [1.165, 1.54) is 19.3 Å². The van der Waals surface area contributed by atoms with E-state index in [-0.39, 0.29) is 5.92 Å². The van der Waals surface area contributed by atoms with Crippen molar-refractivity contribution in [3.05, 3.63) is 0 Å². The van der Waals surface area contributed by atoms with Crippen LogP contribution in [0.4, 0.5) is 0 Å². The number of hydrazine groups is 1. The molecular weight excluding hydrogens is 192 g/mol. The molecule has 2 rings (SSSR count). The highest BCUT2D eigenvalue weighted by Crippen LogP contribution is 2.20. The fraction of sp³-hybridized carbons (Fsp3) is 0.909. The number of hydrogen-bond donors (Lipinski definition) is 1. The number of carboxylic acid groups (broad SMARTS) is 1. The van der Waals surface area contributed by atoms with E-state index in [4.69, 9.17) is 5.11 Å². The SMILES string of the molecule is O=C(O)C1CCCN(N2CCCCC2)C1. The zero-order valence-electron chi connectivity index (χ0n) is 9.19. The van der Waals surface area contributed by atoms with Crippen LogP contribution in [0.2, 0.25) is 0 Å². The van der Waals surface area contributed by atoms with Gasteiger partial charge in [-0.2, -0.15) is 0 Å². The molecule has 1 atom stereocenters. The van der Waals surface area contributed by atoms with Gasteiger partial charge in [0.1, 0.15) is 0 Å². The third-order valence-corrected chi connectivity index (χ3v) is 3.48. The molecule has 2 aliphatic heterocycles. The molecule has 4 nitrogen and oxygen atoms in total. The molecule has 86 valence electrons. The predicted molar refractivity (Wildman–Crippen MR) is 57.4 cm³/mol. The minimum absolute atomic E-state index is 0.152. The zero-order valence-corrected chi connectivity index (χ0v) is 9.19. The lowest BCUT2D eigenvalue weighted by Crippen LogP contribution is -2.51. The second-order valence-electron chi connectivity index (χ2n) is 4.60. The van der Waals surface area contributed by atoms with Gasteiger partial charge in [0.25, 0.3) is 0 Å². The summed E-state index contributed by atoms with van der Waals surface area (Å²) in [7, 11) is 0. The summed E-state index contributed by atoms with van der Waals surface area (Å²) in [5.41, 5.74) is 0. The number of carbonyl (C=O) groups is 1. The first kappa shape index (κ1) is 10.9. The highest BCUT2D eigenvalue weighted by atomic mass is 16.4. The Hall–Kier alpha value is -0.610. The molecule has 0 bridgehead atoms. The van der Waals surface area contributed by atoms with Gasteiger partial charge in [0.2, 0.25) is 0 Å². The molecule has 1 unspecified atom stereocenters. The van der Waals surface area contributed by atoms with E-state index >= 15 is 0 Å². The monoisotopic (exact) mass is 212 g/mol. The quantitative estimate of drug-likeness (QED) is 0.746. The molecule has 2 heterocycles. The Morgan fingerprint density at radius 1 is 1.00 bits per heavy atom. The summed E-state index contributed by atoms with van der Waals surface area (Å²) in [6, 6.07) is 0. The summed E-state index contributed by atoms with van der Waals surface area (Å²) in [6.07, 6.45) is 5.71. The van der Waals surface area contributed by atoms with Gasteiger partial charge in [-0.15, -0.1) is 0 Å². The van der Waals surface area contributed by atoms with Gasteiger partial charge in [-0.05, 0) is 25.7 Å². The van der Waals surface area contributed by atoms with Crippen LogP contribution in [0.15, 0.2) is 0 Å². The molecule has 4 heteroatoms. The molecule has 2 saturated heterocycles. The Morgan fingerprint density at radius 2 is 1.67 bits per heavy atom. The fourth-order valence-corrected chi connectivity index (χ4v) is 2.58. The van der Waals surface area contributed by atoms with Gasteiger partial charge in [0.05, 0.1) is 5.92 Å². The number of piperidine rings is 2.